The molecular formula is C16H14N4O3S. The molecule has 1 amide bonds. The number of amides is 1. The molecule has 122 valence electrons. The molecule has 2 aromatic rings. The number of benzene rings is 1. The van der Waals surface area contributed by atoms with Gasteiger partial charge in [0.1, 0.15) is 6.04 Å². The summed E-state index contributed by atoms with van der Waals surface area (Å²) in [5.41, 5.74) is 1.67. The fourth-order valence-corrected chi connectivity index (χ4v) is 2.98. The summed E-state index contributed by atoms with van der Waals surface area (Å²) in [5.74, 6) is -1.34. The molecule has 0 spiro atoms. The van der Waals surface area contributed by atoms with E-state index >= 15 is 0 Å². The second-order valence-electron chi connectivity index (χ2n) is 5.02. The lowest BCUT2D eigenvalue weighted by Gasteiger charge is -2.06. The Morgan fingerprint density at radius 3 is 2.92 bits per heavy atom. The van der Waals surface area contributed by atoms with Crippen LogP contribution in [0.15, 0.2) is 52.6 Å². The first-order chi connectivity index (χ1) is 11.5. The number of nitrogens with one attached hydrogen (secondary N) is 1. The van der Waals surface area contributed by atoms with Gasteiger partial charge in [-0.2, -0.15) is 5.10 Å². The predicted octanol–water partition coefficient (Wildman–Crippen LogP) is 1.91. The van der Waals surface area contributed by atoms with Crippen LogP contribution in [0.3, 0.4) is 0 Å². The highest BCUT2D eigenvalue weighted by Crippen LogP contribution is 2.28. The predicted molar refractivity (Wildman–Crippen MR) is 91.8 cm³/mol. The van der Waals surface area contributed by atoms with E-state index in [1.807, 2.05) is 36.5 Å². The maximum atomic E-state index is 12.1. The van der Waals surface area contributed by atoms with Crippen molar-refractivity contribution in [3.63, 3.8) is 0 Å². The first-order valence-electron chi connectivity index (χ1n) is 7.15. The van der Waals surface area contributed by atoms with Crippen molar-refractivity contribution >= 4 is 34.9 Å². The second-order valence-corrected chi connectivity index (χ2v) is 6.05. The molecule has 24 heavy (non-hydrogen) atoms. The van der Waals surface area contributed by atoms with E-state index in [9.17, 15) is 9.59 Å². The number of hydrogen-bond acceptors (Lipinski definition) is 5. The van der Waals surface area contributed by atoms with Crippen LogP contribution in [0.25, 0.3) is 11.8 Å². The van der Waals surface area contributed by atoms with Gasteiger partial charge in [0.25, 0.3) is 5.91 Å². The van der Waals surface area contributed by atoms with E-state index in [0.717, 1.165) is 23.0 Å². The van der Waals surface area contributed by atoms with Gasteiger partial charge in [-0.25, -0.2) is 14.5 Å². The van der Waals surface area contributed by atoms with E-state index in [-0.39, 0.29) is 11.1 Å². The molecule has 0 aliphatic carbocycles. The van der Waals surface area contributed by atoms with Gasteiger partial charge in [-0.15, -0.1) is 0 Å². The van der Waals surface area contributed by atoms with Crippen LogP contribution in [0, 0.1) is 0 Å². The molecule has 7 nitrogen and oxygen atoms in total. The molecule has 1 aliphatic rings. The Morgan fingerprint density at radius 1 is 1.42 bits per heavy atom. The van der Waals surface area contributed by atoms with Crippen LogP contribution >= 0.6 is 11.8 Å². The summed E-state index contributed by atoms with van der Waals surface area (Å²) in [6, 6.07) is 8.45. The van der Waals surface area contributed by atoms with Crippen molar-refractivity contribution in [3.05, 3.63) is 53.2 Å². The molecule has 2 N–H and O–H groups in total. The number of carbonyl (C=O) groups is 2. The second kappa shape index (κ2) is 6.71. The first-order valence-corrected chi connectivity index (χ1v) is 7.97. The van der Waals surface area contributed by atoms with Crippen LogP contribution in [0.2, 0.25) is 0 Å². The summed E-state index contributed by atoms with van der Waals surface area (Å²) in [5, 5.41) is 16.0. The molecule has 1 saturated heterocycles. The maximum Gasteiger partial charge on any atom is 0.328 e. The summed E-state index contributed by atoms with van der Waals surface area (Å²) in [6.07, 6.45) is 5.24. The zero-order valence-electron chi connectivity index (χ0n) is 12.7. The molecule has 1 atom stereocenters. The number of para-hydroxylation sites is 1. The number of thioether (sulfide) groups is 1. The zero-order chi connectivity index (χ0) is 17.1. The number of aliphatic carboxylic acids is 1. The average molecular weight is 342 g/mol. The highest BCUT2D eigenvalue weighted by atomic mass is 32.2. The Bertz CT molecular complexity index is 843. The monoisotopic (exact) mass is 342 g/mol. The third-order valence-corrected chi connectivity index (χ3v) is 4.22. The Balaban J connectivity index is 1.90. The van der Waals surface area contributed by atoms with Gasteiger partial charge in [-0.1, -0.05) is 18.2 Å². The first kappa shape index (κ1) is 16.0. The highest BCUT2D eigenvalue weighted by molar-refractivity contribution is 8.18. The summed E-state index contributed by atoms with van der Waals surface area (Å²) < 4.78 is 1.71. The van der Waals surface area contributed by atoms with Crippen molar-refractivity contribution in [1.29, 1.82) is 0 Å². The number of aliphatic imine (C=N–C) groups is 1. The van der Waals surface area contributed by atoms with Gasteiger partial charge in [0.2, 0.25) is 0 Å². The number of nitrogens with zero attached hydrogens (tertiary/aromatic N) is 3. The summed E-state index contributed by atoms with van der Waals surface area (Å²) in [7, 11) is 0. The van der Waals surface area contributed by atoms with Crippen molar-refractivity contribution in [2.45, 2.75) is 13.0 Å². The van der Waals surface area contributed by atoms with Crippen LogP contribution in [-0.4, -0.2) is 38.0 Å². The number of rotatable bonds is 4. The van der Waals surface area contributed by atoms with Gasteiger partial charge in [0.05, 0.1) is 10.6 Å². The van der Waals surface area contributed by atoms with Crippen LogP contribution in [0.5, 0.6) is 0 Å². The van der Waals surface area contributed by atoms with Crippen molar-refractivity contribution in [3.8, 4) is 5.69 Å². The van der Waals surface area contributed by atoms with Crippen LogP contribution in [-0.2, 0) is 9.59 Å². The van der Waals surface area contributed by atoms with Gasteiger partial charge in [0, 0.05) is 18.0 Å². The van der Waals surface area contributed by atoms with Gasteiger partial charge in [0.15, 0.2) is 5.17 Å². The minimum Gasteiger partial charge on any atom is -0.480 e. The Hall–Kier alpha value is -2.87. The largest absolute Gasteiger partial charge is 0.480 e. The minimum absolute atomic E-state index is 0.290. The topological polar surface area (TPSA) is 96.6 Å². The van der Waals surface area contributed by atoms with Crippen LogP contribution in [0.1, 0.15) is 12.5 Å². The standard InChI is InChI=1S/C16H14N4O3S/c1-10(15(22)23)18-16-19-14(21)13(24-16)9-11-5-2-3-6-12(11)20-8-4-7-17-20/h2-10H,1H3,(H,22,23)(H,18,19,21)/b13-9-/t10-/m1/s1. The summed E-state index contributed by atoms with van der Waals surface area (Å²) in [6.45, 7) is 1.46. The average Bonchev–Trinajstić information content (AvgIpc) is 3.18. The number of carbonyl (C=O) groups excluding carboxylic acids is 1. The Labute approximate surface area is 142 Å². The normalized spacial score (nSPS) is 18.8. The number of carboxylic acids is 1. The fraction of sp³-hybridized carbons (Fsp3) is 0.125. The molecule has 8 heteroatoms. The fourth-order valence-electron chi connectivity index (χ4n) is 2.09. The third-order valence-electron chi connectivity index (χ3n) is 3.29. The Morgan fingerprint density at radius 2 is 2.21 bits per heavy atom. The van der Waals surface area contributed by atoms with Crippen molar-refractivity contribution < 1.29 is 14.7 Å². The molecule has 2 heterocycles. The third kappa shape index (κ3) is 3.38. The van der Waals surface area contributed by atoms with Gasteiger partial charge in [-0.05, 0) is 36.9 Å². The molecule has 3 rings (SSSR count). The summed E-state index contributed by atoms with van der Waals surface area (Å²) >= 11 is 1.12. The lowest BCUT2D eigenvalue weighted by atomic mass is 10.1. The zero-order valence-corrected chi connectivity index (χ0v) is 13.5. The van der Waals surface area contributed by atoms with Crippen LogP contribution in [0.4, 0.5) is 0 Å². The van der Waals surface area contributed by atoms with E-state index in [4.69, 9.17) is 5.11 Å². The van der Waals surface area contributed by atoms with E-state index in [0.29, 0.717) is 4.91 Å². The molecule has 1 fully saturated rings. The van der Waals surface area contributed by atoms with E-state index < -0.39 is 12.0 Å². The summed E-state index contributed by atoms with van der Waals surface area (Å²) in [4.78, 5) is 27.4. The van der Waals surface area contributed by atoms with Gasteiger partial charge >= 0.3 is 5.97 Å². The molecule has 0 bridgehead atoms. The number of carboxylic acid groups (broad SMARTS) is 1. The smallest absolute Gasteiger partial charge is 0.328 e. The minimum atomic E-state index is -1.04. The van der Waals surface area contributed by atoms with Crippen molar-refractivity contribution in [2.24, 2.45) is 4.99 Å². The number of aromatic nitrogens is 2. The van der Waals surface area contributed by atoms with Crippen molar-refractivity contribution in [1.82, 2.24) is 15.1 Å². The number of hydrogen-bond donors (Lipinski definition) is 2. The lowest BCUT2D eigenvalue weighted by Crippen LogP contribution is -2.23. The lowest BCUT2D eigenvalue weighted by molar-refractivity contribution is -0.138. The molecule has 1 aromatic carbocycles. The highest BCUT2D eigenvalue weighted by Gasteiger charge is 2.25. The van der Waals surface area contributed by atoms with Gasteiger partial charge < -0.3 is 10.4 Å². The van der Waals surface area contributed by atoms with E-state index in [1.165, 1.54) is 6.92 Å². The molecule has 0 saturated carbocycles. The van der Waals surface area contributed by atoms with Gasteiger partial charge in [-0.3, -0.25) is 4.79 Å². The number of amidine groups is 1. The maximum absolute atomic E-state index is 12.1. The van der Waals surface area contributed by atoms with E-state index in [2.05, 4.69) is 15.4 Å². The molecule has 1 aliphatic heterocycles. The molecule has 0 unspecified atom stereocenters. The van der Waals surface area contributed by atoms with E-state index in [1.54, 1.807) is 17.0 Å². The molecule has 1 aromatic heterocycles. The van der Waals surface area contributed by atoms with Crippen molar-refractivity contribution in [2.75, 3.05) is 0 Å². The SMILES string of the molecule is C[C@@H](N=C1NC(=O)/C(=C/c2ccccc2-n2cccn2)S1)C(=O)O. The Kier molecular flexibility index (Phi) is 4.48. The quantitative estimate of drug-likeness (QED) is 0.827. The van der Waals surface area contributed by atoms with Crippen LogP contribution < -0.4 is 5.32 Å². The molecule has 0 radical (unpaired) electrons. The molecular weight excluding hydrogens is 328 g/mol.